The summed E-state index contributed by atoms with van der Waals surface area (Å²) >= 11 is 0. The quantitative estimate of drug-likeness (QED) is 0.295. The number of aryl methyl sites for hydroxylation is 3. The number of aromatic carboxylic acids is 1. The lowest BCUT2D eigenvalue weighted by Gasteiger charge is -2.11. The third-order valence-electron chi connectivity index (χ3n) is 6.04. The van der Waals surface area contributed by atoms with Crippen LogP contribution in [0.4, 0.5) is 0 Å². The van der Waals surface area contributed by atoms with Crippen LogP contribution in [-0.2, 0) is 13.1 Å². The standard InChI is InChI=1S/C29H36N2O6/c1-22-19-23(2)21-26(20-22)37-18-7-3-5-14-30-16-13-27(32)31(29(30)35)15-6-4-8-17-36-25-11-9-24(10-12-25)28(33)34/h9-13,16,19-21H,3-8,14-15,17-18H2,1-2H3,(H,33,34). The van der Waals surface area contributed by atoms with E-state index in [1.54, 1.807) is 22.9 Å². The van der Waals surface area contributed by atoms with Crippen LogP contribution in [0.2, 0.25) is 0 Å². The molecule has 0 saturated heterocycles. The van der Waals surface area contributed by atoms with E-state index in [-0.39, 0.29) is 16.8 Å². The van der Waals surface area contributed by atoms with Gasteiger partial charge >= 0.3 is 11.7 Å². The van der Waals surface area contributed by atoms with E-state index in [1.807, 2.05) is 12.1 Å². The number of carboxylic acid groups (broad SMARTS) is 1. The normalized spacial score (nSPS) is 10.9. The van der Waals surface area contributed by atoms with E-state index >= 15 is 0 Å². The number of carbonyl (C=O) groups is 1. The first kappa shape index (κ1) is 27.8. The summed E-state index contributed by atoms with van der Waals surface area (Å²) in [5.41, 5.74) is 2.03. The maximum Gasteiger partial charge on any atom is 0.335 e. The van der Waals surface area contributed by atoms with Crippen molar-refractivity contribution in [3.05, 3.63) is 92.3 Å². The maximum atomic E-state index is 12.8. The summed E-state index contributed by atoms with van der Waals surface area (Å²) in [6.07, 6.45) is 6.49. The summed E-state index contributed by atoms with van der Waals surface area (Å²) < 4.78 is 14.4. The number of aromatic nitrogens is 2. The molecule has 1 heterocycles. The second-order valence-corrected chi connectivity index (χ2v) is 9.25. The highest BCUT2D eigenvalue weighted by Crippen LogP contribution is 2.17. The number of benzene rings is 2. The number of rotatable bonds is 15. The topological polar surface area (TPSA) is 99.8 Å². The largest absolute Gasteiger partial charge is 0.494 e. The molecule has 0 fully saturated rings. The van der Waals surface area contributed by atoms with Gasteiger partial charge in [-0.05, 0) is 99.9 Å². The van der Waals surface area contributed by atoms with Crippen molar-refractivity contribution in [1.82, 2.24) is 9.13 Å². The van der Waals surface area contributed by atoms with Crippen molar-refractivity contribution in [3.8, 4) is 11.5 Å². The van der Waals surface area contributed by atoms with Crippen molar-refractivity contribution in [2.24, 2.45) is 0 Å². The Kier molecular flexibility index (Phi) is 10.6. The van der Waals surface area contributed by atoms with Crippen LogP contribution in [0.5, 0.6) is 11.5 Å². The van der Waals surface area contributed by atoms with Gasteiger partial charge in [-0.2, -0.15) is 0 Å². The van der Waals surface area contributed by atoms with Crippen molar-refractivity contribution in [2.75, 3.05) is 13.2 Å². The van der Waals surface area contributed by atoms with Gasteiger partial charge in [0.05, 0.1) is 18.8 Å². The van der Waals surface area contributed by atoms with E-state index in [0.717, 1.165) is 37.9 Å². The van der Waals surface area contributed by atoms with Crippen LogP contribution in [0.15, 0.2) is 64.3 Å². The fourth-order valence-electron chi connectivity index (χ4n) is 4.13. The molecular weight excluding hydrogens is 472 g/mol. The van der Waals surface area contributed by atoms with Gasteiger partial charge in [0.15, 0.2) is 0 Å². The van der Waals surface area contributed by atoms with E-state index in [9.17, 15) is 14.4 Å². The van der Waals surface area contributed by atoms with E-state index in [4.69, 9.17) is 14.6 Å². The molecule has 0 bridgehead atoms. The van der Waals surface area contributed by atoms with Gasteiger partial charge < -0.3 is 19.1 Å². The first-order valence-corrected chi connectivity index (χ1v) is 12.8. The second-order valence-electron chi connectivity index (χ2n) is 9.25. The number of hydrogen-bond acceptors (Lipinski definition) is 5. The molecule has 1 aromatic heterocycles. The SMILES string of the molecule is Cc1cc(C)cc(OCCCCCn2ccc(=O)n(CCCCCOc3ccc(C(=O)O)cc3)c2=O)c1. The highest BCUT2D eigenvalue weighted by Gasteiger charge is 2.06. The molecular formula is C29H36N2O6. The predicted molar refractivity (Wildman–Crippen MR) is 143 cm³/mol. The number of unbranched alkanes of at least 4 members (excludes halogenated alkanes) is 4. The average molecular weight is 509 g/mol. The third-order valence-corrected chi connectivity index (χ3v) is 6.04. The number of carboxylic acids is 1. The van der Waals surface area contributed by atoms with Crippen molar-refractivity contribution < 1.29 is 19.4 Å². The Morgan fingerprint density at radius 3 is 1.97 bits per heavy atom. The van der Waals surface area contributed by atoms with Gasteiger partial charge in [-0.15, -0.1) is 0 Å². The Hall–Kier alpha value is -3.81. The molecule has 3 aromatic rings. The second kappa shape index (κ2) is 14.1. The molecule has 0 aliphatic heterocycles. The Morgan fingerprint density at radius 1 is 0.757 bits per heavy atom. The summed E-state index contributed by atoms with van der Waals surface area (Å²) in [6, 6.07) is 13.9. The van der Waals surface area contributed by atoms with Gasteiger partial charge in [0.1, 0.15) is 11.5 Å². The predicted octanol–water partition coefficient (Wildman–Crippen LogP) is 4.82. The lowest BCUT2D eigenvalue weighted by molar-refractivity contribution is 0.0697. The molecule has 0 amide bonds. The average Bonchev–Trinajstić information content (AvgIpc) is 2.86. The maximum absolute atomic E-state index is 12.8. The van der Waals surface area contributed by atoms with Crippen molar-refractivity contribution >= 4 is 5.97 Å². The van der Waals surface area contributed by atoms with Crippen LogP contribution in [-0.4, -0.2) is 33.4 Å². The first-order valence-electron chi connectivity index (χ1n) is 12.8. The van der Waals surface area contributed by atoms with Crippen LogP contribution in [0, 0.1) is 13.8 Å². The van der Waals surface area contributed by atoms with Crippen molar-refractivity contribution in [3.63, 3.8) is 0 Å². The van der Waals surface area contributed by atoms with E-state index in [1.165, 1.54) is 33.9 Å². The highest BCUT2D eigenvalue weighted by atomic mass is 16.5. The number of ether oxygens (including phenoxy) is 2. The van der Waals surface area contributed by atoms with Crippen LogP contribution in [0.25, 0.3) is 0 Å². The van der Waals surface area contributed by atoms with Crippen LogP contribution in [0.1, 0.15) is 60.0 Å². The van der Waals surface area contributed by atoms with Gasteiger partial charge in [0.2, 0.25) is 0 Å². The zero-order valence-corrected chi connectivity index (χ0v) is 21.7. The fourth-order valence-corrected chi connectivity index (χ4v) is 4.13. The fraction of sp³-hybridized carbons (Fsp3) is 0.414. The van der Waals surface area contributed by atoms with Crippen molar-refractivity contribution in [2.45, 2.75) is 65.5 Å². The molecule has 0 radical (unpaired) electrons. The van der Waals surface area contributed by atoms with E-state index in [2.05, 4.69) is 19.9 Å². The Balaban J connectivity index is 1.35. The zero-order chi connectivity index (χ0) is 26.6. The number of hydrogen-bond donors (Lipinski definition) is 1. The molecule has 198 valence electrons. The molecule has 0 saturated carbocycles. The molecule has 8 heteroatoms. The molecule has 0 aliphatic rings. The lowest BCUT2D eigenvalue weighted by Crippen LogP contribution is -2.39. The van der Waals surface area contributed by atoms with Gasteiger partial charge in [0, 0.05) is 25.4 Å². The minimum Gasteiger partial charge on any atom is -0.494 e. The molecule has 0 aliphatic carbocycles. The van der Waals surface area contributed by atoms with Gasteiger partial charge in [-0.3, -0.25) is 9.36 Å². The monoisotopic (exact) mass is 508 g/mol. The van der Waals surface area contributed by atoms with Gasteiger partial charge in [0.25, 0.3) is 5.56 Å². The lowest BCUT2D eigenvalue weighted by atomic mass is 10.1. The Bertz CT molecular complexity index is 1260. The third kappa shape index (κ3) is 8.97. The smallest absolute Gasteiger partial charge is 0.335 e. The minimum atomic E-state index is -0.972. The summed E-state index contributed by atoms with van der Waals surface area (Å²) in [5.74, 6) is 0.533. The zero-order valence-electron chi connectivity index (χ0n) is 21.7. The summed E-state index contributed by atoms with van der Waals surface area (Å²) in [7, 11) is 0. The van der Waals surface area contributed by atoms with E-state index in [0.29, 0.717) is 38.5 Å². The molecule has 8 nitrogen and oxygen atoms in total. The molecule has 37 heavy (non-hydrogen) atoms. The van der Waals surface area contributed by atoms with Crippen LogP contribution < -0.4 is 20.7 Å². The summed E-state index contributed by atoms with van der Waals surface area (Å²) in [6.45, 7) is 6.16. The molecule has 3 rings (SSSR count). The van der Waals surface area contributed by atoms with Gasteiger partial charge in [-0.25, -0.2) is 9.59 Å². The highest BCUT2D eigenvalue weighted by molar-refractivity contribution is 5.87. The minimum absolute atomic E-state index is 0.216. The summed E-state index contributed by atoms with van der Waals surface area (Å²) in [4.78, 5) is 35.9. The van der Waals surface area contributed by atoms with Crippen LogP contribution in [0.3, 0.4) is 0 Å². The van der Waals surface area contributed by atoms with Crippen LogP contribution >= 0.6 is 0 Å². The van der Waals surface area contributed by atoms with Crippen molar-refractivity contribution in [1.29, 1.82) is 0 Å². The van der Waals surface area contributed by atoms with Gasteiger partial charge in [-0.1, -0.05) is 6.07 Å². The summed E-state index contributed by atoms with van der Waals surface area (Å²) in [5, 5.41) is 8.93. The molecule has 0 spiro atoms. The Labute approximate surface area is 217 Å². The molecule has 0 unspecified atom stereocenters. The molecule has 1 N–H and O–H groups in total. The van der Waals surface area contributed by atoms with E-state index < -0.39 is 5.97 Å². The number of nitrogens with zero attached hydrogens (tertiary/aromatic N) is 2. The molecule has 0 atom stereocenters. The molecule has 2 aromatic carbocycles. The Morgan fingerprint density at radius 2 is 1.35 bits per heavy atom. The first-order chi connectivity index (χ1) is 17.8.